The summed E-state index contributed by atoms with van der Waals surface area (Å²) in [7, 11) is 1.72. The minimum atomic E-state index is -0.930. The van der Waals surface area contributed by atoms with Crippen molar-refractivity contribution in [2.24, 2.45) is 12.1 Å². The average molecular weight is 374 g/mol. The van der Waals surface area contributed by atoms with Crippen LogP contribution in [0.25, 0.3) is 5.69 Å². The summed E-state index contributed by atoms with van der Waals surface area (Å²) in [5, 5.41) is 3.79. The standard InChI is InChI=1S/C18H22N4O5/c1-5-26-17(24)15(18(25)27-6-2)20-19-14-12(3)21(4)22(16(14)23)13-10-8-7-9-11-13/h7-11,19H,5-6H2,1-4H3. The van der Waals surface area contributed by atoms with E-state index in [9.17, 15) is 14.4 Å². The number of para-hydroxylation sites is 1. The molecule has 9 heteroatoms. The first-order valence-electron chi connectivity index (χ1n) is 8.44. The van der Waals surface area contributed by atoms with Gasteiger partial charge in [0.2, 0.25) is 0 Å². The highest BCUT2D eigenvalue weighted by Crippen LogP contribution is 2.14. The highest BCUT2D eigenvalue weighted by atomic mass is 16.6. The van der Waals surface area contributed by atoms with Crippen LogP contribution < -0.4 is 11.0 Å². The van der Waals surface area contributed by atoms with E-state index in [1.54, 1.807) is 44.6 Å². The molecule has 9 nitrogen and oxygen atoms in total. The fourth-order valence-corrected chi connectivity index (χ4v) is 2.38. The second-order valence-corrected chi connectivity index (χ2v) is 5.45. The first kappa shape index (κ1) is 20.0. The molecule has 0 aliphatic carbocycles. The second-order valence-electron chi connectivity index (χ2n) is 5.45. The summed E-state index contributed by atoms with van der Waals surface area (Å²) in [6.45, 7) is 5.07. The molecule has 0 fully saturated rings. The molecule has 0 saturated heterocycles. The molecule has 0 aliphatic rings. The topological polar surface area (TPSA) is 104 Å². The normalized spacial score (nSPS) is 10.2. The number of aromatic nitrogens is 2. The number of benzene rings is 1. The molecule has 0 radical (unpaired) electrons. The van der Waals surface area contributed by atoms with Crippen LogP contribution in [-0.2, 0) is 26.1 Å². The van der Waals surface area contributed by atoms with E-state index < -0.39 is 17.7 Å². The maximum Gasteiger partial charge on any atom is 0.366 e. The number of hydrazone groups is 1. The van der Waals surface area contributed by atoms with Crippen molar-refractivity contribution in [2.45, 2.75) is 20.8 Å². The van der Waals surface area contributed by atoms with Crippen molar-refractivity contribution in [3.63, 3.8) is 0 Å². The van der Waals surface area contributed by atoms with E-state index >= 15 is 0 Å². The zero-order valence-electron chi connectivity index (χ0n) is 15.7. The van der Waals surface area contributed by atoms with Gasteiger partial charge in [-0.1, -0.05) is 18.2 Å². The lowest BCUT2D eigenvalue weighted by Gasteiger charge is -2.07. The summed E-state index contributed by atoms with van der Waals surface area (Å²) < 4.78 is 12.7. The summed E-state index contributed by atoms with van der Waals surface area (Å²) in [6, 6.07) is 9.05. The lowest BCUT2D eigenvalue weighted by Crippen LogP contribution is -2.29. The number of ether oxygens (including phenoxy) is 2. The monoisotopic (exact) mass is 374 g/mol. The SMILES string of the molecule is CCOC(=O)C(=NNc1c(C)n(C)n(-c2ccccc2)c1=O)C(=O)OCC. The zero-order chi connectivity index (χ0) is 20.0. The van der Waals surface area contributed by atoms with Crippen molar-refractivity contribution in [2.75, 3.05) is 18.6 Å². The van der Waals surface area contributed by atoms with E-state index in [-0.39, 0.29) is 24.5 Å². The van der Waals surface area contributed by atoms with Crippen molar-refractivity contribution in [1.82, 2.24) is 9.36 Å². The Balaban J connectivity index is 2.43. The molecule has 0 spiro atoms. The fraction of sp³-hybridized carbons (Fsp3) is 0.333. The van der Waals surface area contributed by atoms with E-state index in [1.807, 2.05) is 18.2 Å². The Morgan fingerprint density at radius 1 is 1.07 bits per heavy atom. The van der Waals surface area contributed by atoms with Gasteiger partial charge in [-0.25, -0.2) is 14.3 Å². The molecule has 0 saturated carbocycles. The third-order valence-electron chi connectivity index (χ3n) is 3.77. The quantitative estimate of drug-likeness (QED) is 0.340. The molecule has 0 bridgehead atoms. The van der Waals surface area contributed by atoms with E-state index in [0.29, 0.717) is 11.4 Å². The van der Waals surface area contributed by atoms with Gasteiger partial charge in [-0.2, -0.15) is 5.10 Å². The molecule has 1 aromatic carbocycles. The number of anilines is 1. The first-order valence-corrected chi connectivity index (χ1v) is 8.44. The van der Waals surface area contributed by atoms with Crippen molar-refractivity contribution in [3.8, 4) is 5.69 Å². The number of nitrogens with one attached hydrogen (secondary N) is 1. The molecule has 0 amide bonds. The van der Waals surface area contributed by atoms with Crippen molar-refractivity contribution in [1.29, 1.82) is 0 Å². The van der Waals surface area contributed by atoms with E-state index in [1.165, 1.54) is 4.68 Å². The third kappa shape index (κ3) is 4.25. The predicted molar refractivity (Wildman–Crippen MR) is 100 cm³/mol. The molecule has 0 unspecified atom stereocenters. The molecular formula is C18H22N4O5. The van der Waals surface area contributed by atoms with E-state index in [0.717, 1.165) is 0 Å². The largest absolute Gasteiger partial charge is 0.461 e. The minimum absolute atomic E-state index is 0.0719. The van der Waals surface area contributed by atoms with Crippen LogP contribution in [0.2, 0.25) is 0 Å². The number of carbonyl (C=O) groups excluding carboxylic acids is 2. The Hall–Kier alpha value is -3.36. The Morgan fingerprint density at radius 3 is 2.15 bits per heavy atom. The zero-order valence-corrected chi connectivity index (χ0v) is 15.7. The van der Waals surface area contributed by atoms with Gasteiger partial charge in [0.1, 0.15) is 5.69 Å². The molecule has 2 aromatic rings. The predicted octanol–water partition coefficient (Wildman–Crippen LogP) is 1.38. The van der Waals surface area contributed by atoms with Gasteiger partial charge in [0.15, 0.2) is 0 Å². The fourth-order valence-electron chi connectivity index (χ4n) is 2.38. The van der Waals surface area contributed by atoms with Crippen LogP contribution in [0.15, 0.2) is 40.2 Å². The van der Waals surface area contributed by atoms with Crippen LogP contribution in [0.5, 0.6) is 0 Å². The van der Waals surface area contributed by atoms with Gasteiger partial charge >= 0.3 is 11.9 Å². The molecule has 1 aromatic heterocycles. The van der Waals surface area contributed by atoms with Crippen LogP contribution in [0.4, 0.5) is 5.69 Å². The van der Waals surface area contributed by atoms with Crippen molar-refractivity contribution < 1.29 is 19.1 Å². The molecule has 2 rings (SSSR count). The van der Waals surface area contributed by atoms with Crippen LogP contribution in [0.1, 0.15) is 19.5 Å². The lowest BCUT2D eigenvalue weighted by molar-refractivity contribution is -0.140. The highest BCUT2D eigenvalue weighted by molar-refractivity contribution is 6.62. The second kappa shape index (κ2) is 8.84. The number of hydrogen-bond donors (Lipinski definition) is 1. The van der Waals surface area contributed by atoms with Gasteiger partial charge in [0.05, 0.1) is 24.6 Å². The van der Waals surface area contributed by atoms with Gasteiger partial charge < -0.3 is 9.47 Å². The summed E-state index contributed by atoms with van der Waals surface area (Å²) in [5.41, 5.74) is 2.95. The van der Waals surface area contributed by atoms with Crippen LogP contribution in [0.3, 0.4) is 0 Å². The third-order valence-corrected chi connectivity index (χ3v) is 3.77. The number of carbonyl (C=O) groups is 2. The molecule has 0 aliphatic heterocycles. The van der Waals surface area contributed by atoms with Crippen molar-refractivity contribution >= 4 is 23.3 Å². The maximum absolute atomic E-state index is 12.8. The van der Waals surface area contributed by atoms with Gasteiger partial charge in [0, 0.05) is 7.05 Å². The maximum atomic E-state index is 12.8. The number of esters is 2. The van der Waals surface area contributed by atoms with Gasteiger partial charge in [-0.3, -0.25) is 14.9 Å². The molecule has 0 atom stereocenters. The highest BCUT2D eigenvalue weighted by Gasteiger charge is 2.24. The summed E-state index contributed by atoms with van der Waals surface area (Å²) in [6.07, 6.45) is 0. The molecular weight excluding hydrogens is 352 g/mol. The number of hydrogen-bond acceptors (Lipinski definition) is 7. The lowest BCUT2D eigenvalue weighted by atomic mass is 10.3. The molecule has 144 valence electrons. The van der Waals surface area contributed by atoms with E-state index in [2.05, 4.69) is 10.5 Å². The smallest absolute Gasteiger partial charge is 0.366 e. The minimum Gasteiger partial charge on any atom is -0.461 e. The summed E-state index contributed by atoms with van der Waals surface area (Å²) in [5.74, 6) is -1.86. The van der Waals surface area contributed by atoms with Gasteiger partial charge in [0.25, 0.3) is 11.3 Å². The number of rotatable bonds is 7. The Kier molecular flexibility index (Phi) is 6.53. The molecule has 1 heterocycles. The Labute approximate surface area is 156 Å². The number of nitrogens with zero attached hydrogens (tertiary/aromatic N) is 3. The van der Waals surface area contributed by atoms with Crippen LogP contribution in [-0.4, -0.2) is 40.2 Å². The van der Waals surface area contributed by atoms with Gasteiger partial charge in [-0.05, 0) is 32.9 Å². The summed E-state index contributed by atoms with van der Waals surface area (Å²) in [4.78, 5) is 36.7. The molecule has 1 N–H and O–H groups in total. The summed E-state index contributed by atoms with van der Waals surface area (Å²) >= 11 is 0. The van der Waals surface area contributed by atoms with Crippen LogP contribution >= 0.6 is 0 Å². The molecule has 27 heavy (non-hydrogen) atoms. The van der Waals surface area contributed by atoms with E-state index in [4.69, 9.17) is 9.47 Å². The van der Waals surface area contributed by atoms with Crippen LogP contribution in [0, 0.1) is 6.92 Å². The Morgan fingerprint density at radius 2 is 1.63 bits per heavy atom. The first-order chi connectivity index (χ1) is 12.9. The van der Waals surface area contributed by atoms with Crippen molar-refractivity contribution in [3.05, 3.63) is 46.4 Å². The Bertz CT molecular complexity index is 892. The van der Waals surface area contributed by atoms with Gasteiger partial charge in [-0.15, -0.1) is 0 Å². The average Bonchev–Trinajstić information content (AvgIpc) is 2.86.